The molecule has 0 bridgehead atoms. The minimum absolute atomic E-state index is 0.0596. The van der Waals surface area contributed by atoms with E-state index in [4.69, 9.17) is 9.47 Å². The minimum atomic E-state index is -4.01. The lowest BCUT2D eigenvalue weighted by molar-refractivity contribution is -0.168. The summed E-state index contributed by atoms with van der Waals surface area (Å²) in [6, 6.07) is 7.87. The molecule has 0 saturated heterocycles. The van der Waals surface area contributed by atoms with Crippen LogP contribution in [0.3, 0.4) is 0 Å². The molecule has 0 aromatic heterocycles. The number of hydrogen-bond acceptors (Lipinski definition) is 6. The zero-order chi connectivity index (χ0) is 23.6. The van der Waals surface area contributed by atoms with Crippen LogP contribution in [0.15, 0.2) is 51.9 Å². The van der Waals surface area contributed by atoms with Gasteiger partial charge in [0.05, 0.1) is 24.0 Å². The second kappa shape index (κ2) is 11.7. The fraction of sp³-hybridized carbons (Fsp3) is 0.480. The monoisotopic (exact) mass is 458 g/mol. The van der Waals surface area contributed by atoms with Gasteiger partial charge in [-0.1, -0.05) is 31.5 Å². The molecule has 0 atom stereocenters. The molecule has 0 aliphatic heterocycles. The summed E-state index contributed by atoms with van der Waals surface area (Å²) in [6.07, 6.45) is 5.39. The van der Waals surface area contributed by atoms with Crippen molar-refractivity contribution in [3.05, 3.63) is 47.0 Å². The molecule has 1 aromatic rings. The van der Waals surface area contributed by atoms with Crippen molar-refractivity contribution in [1.82, 2.24) is 0 Å². The summed E-state index contributed by atoms with van der Waals surface area (Å²) in [6.45, 7) is 2.03. The molecule has 1 aliphatic rings. The van der Waals surface area contributed by atoms with Crippen molar-refractivity contribution < 1.29 is 27.5 Å². The smallest absolute Gasteiger partial charge is 0.324 e. The van der Waals surface area contributed by atoms with Crippen molar-refractivity contribution in [2.24, 2.45) is 11.3 Å². The molecule has 7 heteroatoms. The Morgan fingerprint density at radius 1 is 1.09 bits per heavy atom. The molecule has 1 saturated carbocycles. The van der Waals surface area contributed by atoms with Crippen LogP contribution >= 0.6 is 0 Å². The van der Waals surface area contributed by atoms with Crippen LogP contribution in [0.5, 0.6) is 0 Å². The third-order valence-electron chi connectivity index (χ3n) is 5.27. The van der Waals surface area contributed by atoms with Gasteiger partial charge in [-0.05, 0) is 43.4 Å². The van der Waals surface area contributed by atoms with Crippen molar-refractivity contribution in [2.45, 2.75) is 56.8 Å². The van der Waals surface area contributed by atoms with Crippen LogP contribution in [0, 0.1) is 23.2 Å². The van der Waals surface area contributed by atoms with Gasteiger partial charge in [0, 0.05) is 19.3 Å². The number of methoxy groups -OCH3 is 2. The van der Waals surface area contributed by atoms with E-state index in [0.717, 1.165) is 39.9 Å². The highest BCUT2D eigenvalue weighted by Crippen LogP contribution is 2.37. The SMILES string of the molecule is CCCCC#CCC(CC(=C=CC1CC1)S(=O)(=O)c1ccccc1)(C(=O)OC)C(=O)OC. The molecule has 0 unspecified atom stereocenters. The highest BCUT2D eigenvalue weighted by Gasteiger charge is 2.50. The number of esters is 2. The number of carbonyl (C=O) groups is 2. The average Bonchev–Trinajstić information content (AvgIpc) is 3.64. The van der Waals surface area contributed by atoms with Crippen LogP contribution in [0.2, 0.25) is 0 Å². The van der Waals surface area contributed by atoms with E-state index in [2.05, 4.69) is 17.6 Å². The van der Waals surface area contributed by atoms with E-state index in [1.165, 1.54) is 12.1 Å². The molecule has 1 fully saturated rings. The fourth-order valence-corrected chi connectivity index (χ4v) is 4.57. The van der Waals surface area contributed by atoms with Gasteiger partial charge in [-0.15, -0.1) is 17.6 Å². The van der Waals surface area contributed by atoms with Crippen LogP contribution in [0.4, 0.5) is 0 Å². The largest absolute Gasteiger partial charge is 0.468 e. The van der Waals surface area contributed by atoms with Crippen LogP contribution in [0.1, 0.15) is 51.9 Å². The topological polar surface area (TPSA) is 86.7 Å². The van der Waals surface area contributed by atoms with Crippen LogP contribution in [-0.2, 0) is 28.9 Å². The molecule has 0 heterocycles. The standard InChI is InChI=1S/C25H30O6S/c1-4-5-6-7-11-18-25(23(26)30-2,24(27)31-3)19-22(17-16-20-14-15-20)32(28,29)21-12-9-8-10-13-21/h8-10,12-13,16,20H,4-6,14-15,18-19H2,1-3H3. The molecule has 0 spiro atoms. The highest BCUT2D eigenvalue weighted by molar-refractivity contribution is 7.95. The average molecular weight is 459 g/mol. The van der Waals surface area contributed by atoms with E-state index in [1.807, 2.05) is 6.92 Å². The van der Waals surface area contributed by atoms with E-state index >= 15 is 0 Å². The van der Waals surface area contributed by atoms with E-state index < -0.39 is 33.6 Å². The zero-order valence-electron chi connectivity index (χ0n) is 18.8. The Morgan fingerprint density at radius 3 is 2.25 bits per heavy atom. The Hall–Kier alpha value is -2.81. The quantitative estimate of drug-likeness (QED) is 0.172. The summed E-state index contributed by atoms with van der Waals surface area (Å²) < 4.78 is 36.7. The summed E-state index contributed by atoms with van der Waals surface area (Å²) in [7, 11) is -1.71. The molecule has 0 radical (unpaired) electrons. The highest BCUT2D eigenvalue weighted by atomic mass is 32.2. The maximum Gasteiger partial charge on any atom is 0.324 e. The number of unbranched alkanes of at least 4 members (excludes halogenated alkanes) is 2. The summed E-state index contributed by atoms with van der Waals surface area (Å²) in [5, 5.41) is 0. The predicted molar refractivity (Wildman–Crippen MR) is 121 cm³/mol. The molecule has 0 N–H and O–H groups in total. The van der Waals surface area contributed by atoms with E-state index in [-0.39, 0.29) is 22.1 Å². The molecule has 1 aromatic carbocycles. The number of hydrogen-bond donors (Lipinski definition) is 0. The van der Waals surface area contributed by atoms with Gasteiger partial charge in [-0.2, -0.15) is 0 Å². The van der Waals surface area contributed by atoms with E-state index in [0.29, 0.717) is 6.42 Å². The Kier molecular flexibility index (Phi) is 9.31. The third kappa shape index (κ3) is 6.35. The first-order valence-corrected chi connectivity index (χ1v) is 12.2. The fourth-order valence-electron chi connectivity index (χ4n) is 3.11. The molecule has 0 amide bonds. The summed E-state index contributed by atoms with van der Waals surface area (Å²) >= 11 is 0. The van der Waals surface area contributed by atoms with E-state index in [9.17, 15) is 18.0 Å². The first-order chi connectivity index (χ1) is 15.3. The van der Waals surface area contributed by atoms with Crippen molar-refractivity contribution in [2.75, 3.05) is 14.2 Å². The molecule has 1 aliphatic carbocycles. The Labute approximate surface area is 190 Å². The number of sulfone groups is 1. The van der Waals surface area contributed by atoms with Crippen LogP contribution < -0.4 is 0 Å². The number of rotatable bonds is 10. The van der Waals surface area contributed by atoms with Gasteiger partial charge in [-0.25, -0.2) is 8.42 Å². The summed E-state index contributed by atoms with van der Waals surface area (Å²) in [4.78, 5) is 25.6. The lowest BCUT2D eigenvalue weighted by Gasteiger charge is -2.26. The predicted octanol–water partition coefficient (Wildman–Crippen LogP) is 4.22. The van der Waals surface area contributed by atoms with Crippen LogP contribution in [-0.4, -0.2) is 34.6 Å². The minimum Gasteiger partial charge on any atom is -0.468 e. The Bertz CT molecular complexity index is 1020. The zero-order valence-corrected chi connectivity index (χ0v) is 19.7. The van der Waals surface area contributed by atoms with Gasteiger partial charge < -0.3 is 9.47 Å². The molecule has 32 heavy (non-hydrogen) atoms. The first kappa shape index (κ1) is 25.5. The van der Waals surface area contributed by atoms with Gasteiger partial charge in [0.2, 0.25) is 9.84 Å². The Balaban J connectivity index is 2.58. The number of ether oxygens (including phenoxy) is 2. The van der Waals surface area contributed by atoms with Gasteiger partial charge in [-0.3, -0.25) is 9.59 Å². The number of carbonyl (C=O) groups excluding carboxylic acids is 2. The second-order valence-corrected chi connectivity index (χ2v) is 9.74. The molecular formula is C25H30O6S. The van der Waals surface area contributed by atoms with Crippen molar-refractivity contribution in [3.63, 3.8) is 0 Å². The van der Waals surface area contributed by atoms with Crippen LogP contribution in [0.25, 0.3) is 0 Å². The lowest BCUT2D eigenvalue weighted by Crippen LogP contribution is -2.42. The molecule has 2 rings (SSSR count). The summed E-state index contributed by atoms with van der Waals surface area (Å²) in [5.41, 5.74) is 0.972. The van der Waals surface area contributed by atoms with Crippen molar-refractivity contribution >= 4 is 21.8 Å². The van der Waals surface area contributed by atoms with Gasteiger partial charge in [0.1, 0.15) is 0 Å². The number of benzene rings is 1. The number of allylic oxidation sites excluding steroid dienone is 1. The lowest BCUT2D eigenvalue weighted by atomic mass is 9.81. The second-order valence-electron chi connectivity index (χ2n) is 7.76. The van der Waals surface area contributed by atoms with Crippen molar-refractivity contribution in [1.29, 1.82) is 0 Å². The molecular weight excluding hydrogens is 428 g/mol. The van der Waals surface area contributed by atoms with Gasteiger partial charge in [0.25, 0.3) is 0 Å². The van der Waals surface area contributed by atoms with Crippen molar-refractivity contribution in [3.8, 4) is 11.8 Å². The van der Waals surface area contributed by atoms with Gasteiger partial charge in [0.15, 0.2) is 5.41 Å². The van der Waals surface area contributed by atoms with E-state index in [1.54, 1.807) is 24.3 Å². The molecule has 172 valence electrons. The summed E-state index contributed by atoms with van der Waals surface area (Å²) in [5.74, 6) is 4.29. The third-order valence-corrected chi connectivity index (χ3v) is 7.07. The first-order valence-electron chi connectivity index (χ1n) is 10.7. The van der Waals surface area contributed by atoms with Gasteiger partial charge >= 0.3 is 11.9 Å². The molecule has 6 nitrogen and oxygen atoms in total. The normalized spacial score (nSPS) is 13.2. The Morgan fingerprint density at radius 2 is 1.72 bits per heavy atom. The maximum absolute atomic E-state index is 13.4. The maximum atomic E-state index is 13.4.